The number of nitrogens with zero attached hydrogens (tertiary/aromatic N) is 3. The van der Waals surface area contributed by atoms with Gasteiger partial charge in [0.15, 0.2) is 17.5 Å². The van der Waals surface area contributed by atoms with Crippen LogP contribution in [-0.2, 0) is 0 Å². The van der Waals surface area contributed by atoms with Gasteiger partial charge in [-0.1, -0.05) is 114 Å². The number of aromatic nitrogens is 3. The highest BCUT2D eigenvalue weighted by molar-refractivity contribution is 6.68. The maximum atomic E-state index is 6.34. The Balaban J connectivity index is 1.26. The zero-order chi connectivity index (χ0) is 32.9. The van der Waals surface area contributed by atoms with Gasteiger partial charge in [0.25, 0.3) is 0 Å². The average Bonchev–Trinajstić information content (AvgIpc) is 3.52. The van der Waals surface area contributed by atoms with E-state index in [-0.39, 0.29) is 16.4 Å². The molecule has 212 valence electrons. The van der Waals surface area contributed by atoms with Crippen molar-refractivity contribution in [1.82, 2.24) is 15.0 Å². The Morgan fingerprint density at radius 1 is 0.396 bits per heavy atom. The molecule has 0 bridgehead atoms. The lowest BCUT2D eigenvalue weighted by Crippen LogP contribution is -2.55. The van der Waals surface area contributed by atoms with E-state index < -0.39 is 0 Å². The van der Waals surface area contributed by atoms with Crippen LogP contribution in [0.2, 0.25) is 0 Å². The lowest BCUT2D eigenvalue weighted by molar-refractivity contribution is 0.669. The molecule has 0 saturated carbocycles. The molecular weight excluding hydrogens is 581 g/mol. The molecule has 0 unspecified atom stereocenters. The molecule has 0 atom stereocenters. The molecule has 0 aliphatic heterocycles. The van der Waals surface area contributed by atoms with Gasteiger partial charge < -0.3 is 4.42 Å². The topological polar surface area (TPSA) is 51.8 Å². The van der Waals surface area contributed by atoms with Crippen molar-refractivity contribution in [3.8, 4) is 56.4 Å². The van der Waals surface area contributed by atoms with E-state index >= 15 is 0 Å². The third kappa shape index (κ3) is 5.07. The molecule has 2 heterocycles. The highest BCUT2D eigenvalue weighted by atomic mass is 16.3. The molecule has 10 radical (unpaired) electrons. The Morgan fingerprint density at radius 2 is 0.917 bits per heavy atom. The number of hydrogen-bond acceptors (Lipinski definition) is 4. The summed E-state index contributed by atoms with van der Waals surface area (Å²) in [5.74, 6) is 1.75. The Labute approximate surface area is 284 Å². The fourth-order valence-electron chi connectivity index (χ4n) is 6.11. The molecule has 0 aliphatic carbocycles. The largest absolute Gasteiger partial charge is 0.456 e. The van der Waals surface area contributed by atoms with Gasteiger partial charge in [0.1, 0.15) is 50.4 Å². The Kier molecular flexibility index (Phi) is 7.41. The van der Waals surface area contributed by atoms with Crippen LogP contribution in [0, 0.1) is 0 Å². The second-order valence-corrected chi connectivity index (χ2v) is 11.6. The molecule has 0 N–H and O–H groups in total. The summed E-state index contributed by atoms with van der Waals surface area (Å²) >= 11 is 0. The Hall–Kier alpha value is -5.55. The molecule has 0 spiro atoms. The summed E-state index contributed by atoms with van der Waals surface area (Å²) in [6.07, 6.45) is 0. The molecule has 0 amide bonds. The first-order chi connectivity index (χ1) is 23.4. The zero-order valence-corrected chi connectivity index (χ0v) is 25.7. The van der Waals surface area contributed by atoms with Gasteiger partial charge in [0.2, 0.25) is 0 Å². The predicted molar refractivity (Wildman–Crippen MR) is 201 cm³/mol. The molecule has 9 heteroatoms. The Bertz CT molecular complexity index is 2410. The van der Waals surface area contributed by atoms with Crippen LogP contribution < -0.4 is 27.3 Å². The summed E-state index contributed by atoms with van der Waals surface area (Å²) in [5, 5.41) is 1.86. The highest BCUT2D eigenvalue weighted by Gasteiger charge is 2.19. The van der Waals surface area contributed by atoms with Crippen LogP contribution in [0.5, 0.6) is 0 Å². The number of benzene rings is 6. The SMILES string of the molecule is [B]c1c([B])c([B])c(-c2ccc(-c3ccc4oc5cccc(-c6nc(-c7ccccc7)nc(-c7ccccc7)n6)c5c4c3)cc2)c([B])c1[B]. The van der Waals surface area contributed by atoms with Gasteiger partial charge in [0, 0.05) is 27.5 Å². The first kappa shape index (κ1) is 29.8. The van der Waals surface area contributed by atoms with Crippen LogP contribution >= 0.6 is 0 Å². The minimum absolute atomic E-state index is 0.190. The van der Waals surface area contributed by atoms with Crippen molar-refractivity contribution in [3.63, 3.8) is 0 Å². The number of fused-ring (bicyclic) bond motifs is 3. The van der Waals surface area contributed by atoms with Gasteiger partial charge in [-0.2, -0.15) is 0 Å². The lowest BCUT2D eigenvalue weighted by atomic mass is 9.59. The predicted octanol–water partition coefficient (Wildman–Crippen LogP) is 4.08. The summed E-state index contributed by atoms with van der Waals surface area (Å²) in [5.41, 5.74) is 8.71. The smallest absolute Gasteiger partial charge is 0.164 e. The standard InChI is InChI=1S/C39H20B5N3O/c40-32-30(33(41)35(43)36(44)34(32)42)22-16-14-21(15-17-22)25-18-19-28-27(20-25)31-26(12-7-13-29(31)48-28)39-46-37(23-8-3-1-4-9-23)45-38(47-39)24-10-5-2-6-11-24/h1-20H. The first-order valence-electron chi connectivity index (χ1n) is 15.3. The van der Waals surface area contributed by atoms with E-state index in [0.717, 1.165) is 55.3 Å². The first-order valence-corrected chi connectivity index (χ1v) is 15.3. The highest BCUT2D eigenvalue weighted by Crippen LogP contribution is 2.38. The van der Waals surface area contributed by atoms with E-state index in [9.17, 15) is 0 Å². The van der Waals surface area contributed by atoms with Gasteiger partial charge in [-0.3, -0.25) is 0 Å². The van der Waals surface area contributed by atoms with E-state index in [1.54, 1.807) is 0 Å². The van der Waals surface area contributed by atoms with Crippen LogP contribution in [0.4, 0.5) is 0 Å². The van der Waals surface area contributed by atoms with Crippen LogP contribution in [-0.4, -0.2) is 54.2 Å². The zero-order valence-electron chi connectivity index (χ0n) is 25.7. The third-order valence-electron chi connectivity index (χ3n) is 8.64. The van der Waals surface area contributed by atoms with Crippen molar-refractivity contribution >= 4 is 88.5 Å². The van der Waals surface area contributed by atoms with Crippen LogP contribution in [0.25, 0.3) is 78.4 Å². The van der Waals surface area contributed by atoms with E-state index in [1.165, 1.54) is 0 Å². The monoisotopic (exact) mass is 601 g/mol. The van der Waals surface area contributed by atoms with Gasteiger partial charge in [-0.05, 0) is 40.5 Å². The van der Waals surface area contributed by atoms with E-state index in [4.69, 9.17) is 58.6 Å². The van der Waals surface area contributed by atoms with Gasteiger partial charge in [0.05, 0.1) is 0 Å². The van der Waals surface area contributed by atoms with Gasteiger partial charge >= 0.3 is 0 Å². The quantitative estimate of drug-likeness (QED) is 0.280. The lowest BCUT2D eigenvalue weighted by Gasteiger charge is -2.21. The summed E-state index contributed by atoms with van der Waals surface area (Å²) < 4.78 is 6.34. The normalized spacial score (nSPS) is 11.3. The molecule has 0 saturated heterocycles. The molecule has 2 aromatic heterocycles. The van der Waals surface area contributed by atoms with Gasteiger partial charge in [-0.15, -0.1) is 16.4 Å². The molecule has 8 rings (SSSR count). The second-order valence-electron chi connectivity index (χ2n) is 11.6. The van der Waals surface area contributed by atoms with Crippen molar-refractivity contribution < 1.29 is 4.42 Å². The summed E-state index contributed by atoms with van der Waals surface area (Å²) in [6, 6.07) is 39.8. The molecular formula is C39H20B5N3O. The number of furan rings is 1. The third-order valence-corrected chi connectivity index (χ3v) is 8.64. The summed E-state index contributed by atoms with van der Waals surface area (Å²) in [7, 11) is 30.9. The van der Waals surface area contributed by atoms with Crippen molar-refractivity contribution in [1.29, 1.82) is 0 Å². The molecule has 48 heavy (non-hydrogen) atoms. The van der Waals surface area contributed by atoms with E-state index in [0.29, 0.717) is 34.0 Å². The van der Waals surface area contributed by atoms with Crippen LogP contribution in [0.15, 0.2) is 126 Å². The average molecular weight is 601 g/mol. The Morgan fingerprint density at radius 3 is 1.52 bits per heavy atom. The molecule has 6 aromatic carbocycles. The second kappa shape index (κ2) is 11.9. The molecule has 0 fully saturated rings. The summed E-state index contributed by atoms with van der Waals surface area (Å²) in [4.78, 5) is 14.8. The molecule has 0 aliphatic rings. The van der Waals surface area contributed by atoms with Crippen molar-refractivity contribution in [2.45, 2.75) is 0 Å². The number of rotatable bonds is 5. The molecule has 4 nitrogen and oxygen atoms in total. The maximum absolute atomic E-state index is 6.34. The van der Waals surface area contributed by atoms with E-state index in [1.807, 2.05) is 115 Å². The van der Waals surface area contributed by atoms with E-state index in [2.05, 4.69) is 6.07 Å². The maximum Gasteiger partial charge on any atom is 0.164 e. The van der Waals surface area contributed by atoms with Gasteiger partial charge in [-0.25, -0.2) is 15.0 Å². The van der Waals surface area contributed by atoms with Crippen molar-refractivity contribution in [3.05, 3.63) is 121 Å². The summed E-state index contributed by atoms with van der Waals surface area (Å²) in [6.45, 7) is 0. The minimum atomic E-state index is 0.190. The fraction of sp³-hybridized carbons (Fsp3) is 0. The van der Waals surface area contributed by atoms with Crippen LogP contribution in [0.3, 0.4) is 0 Å². The number of hydrogen-bond donors (Lipinski definition) is 0. The minimum Gasteiger partial charge on any atom is -0.456 e. The van der Waals surface area contributed by atoms with Crippen molar-refractivity contribution in [2.24, 2.45) is 0 Å². The van der Waals surface area contributed by atoms with Crippen LogP contribution in [0.1, 0.15) is 0 Å². The fourth-order valence-corrected chi connectivity index (χ4v) is 6.11. The van der Waals surface area contributed by atoms with Crippen molar-refractivity contribution in [2.75, 3.05) is 0 Å². The molecule has 8 aromatic rings.